The van der Waals surface area contributed by atoms with Crippen molar-refractivity contribution in [1.82, 2.24) is 5.32 Å². The van der Waals surface area contributed by atoms with Gasteiger partial charge in [0.2, 0.25) is 0 Å². The summed E-state index contributed by atoms with van der Waals surface area (Å²) >= 11 is 7.19. The molecule has 2 aromatic rings. The molecule has 0 bridgehead atoms. The van der Waals surface area contributed by atoms with Gasteiger partial charge in [-0.3, -0.25) is 0 Å². The number of thiophene rings is 1. The van der Waals surface area contributed by atoms with E-state index in [1.165, 1.54) is 9.77 Å². The Labute approximate surface area is 125 Å². The molecular weight excluding hydrogens is 326 g/mol. The lowest BCUT2D eigenvalue weighted by molar-refractivity contribution is 0.615. The number of hydrogen-bond donors (Lipinski definition) is 1. The van der Waals surface area contributed by atoms with Gasteiger partial charge in [0.05, 0.1) is 6.04 Å². The lowest BCUT2D eigenvalue weighted by atomic mass is 10.3. The third kappa shape index (κ3) is 4.12. The normalized spacial score (nSPS) is 12.6. The first-order valence-electron chi connectivity index (χ1n) is 5.94. The summed E-state index contributed by atoms with van der Waals surface area (Å²) in [5, 5.41) is 5.69. The molecule has 2 rings (SSSR count). The molecule has 96 valence electrons. The van der Waals surface area contributed by atoms with Crippen LogP contribution in [0.25, 0.3) is 0 Å². The Morgan fingerprint density at radius 1 is 1.28 bits per heavy atom. The minimum atomic E-state index is 0.448. The van der Waals surface area contributed by atoms with Crippen molar-refractivity contribution in [2.75, 3.05) is 12.3 Å². The summed E-state index contributed by atoms with van der Waals surface area (Å²) < 4.78 is 1.13. The Bertz CT molecular complexity index is 453. The van der Waals surface area contributed by atoms with Crippen molar-refractivity contribution in [3.05, 3.63) is 51.1 Å². The fourth-order valence-electron chi connectivity index (χ4n) is 1.69. The Hall–Kier alpha value is -0.290. The van der Waals surface area contributed by atoms with Gasteiger partial charge in [-0.25, -0.2) is 0 Å². The first kappa shape index (κ1) is 14.1. The maximum absolute atomic E-state index is 3.55. The molecule has 1 N–H and O–H groups in total. The Kier molecular flexibility index (Phi) is 5.76. The zero-order valence-electron chi connectivity index (χ0n) is 10.2. The van der Waals surface area contributed by atoms with E-state index in [0.717, 1.165) is 16.8 Å². The van der Waals surface area contributed by atoms with Crippen LogP contribution in [0.4, 0.5) is 0 Å². The molecular formula is C14H16BrNS2. The quantitative estimate of drug-likeness (QED) is 0.745. The minimum absolute atomic E-state index is 0.448. The summed E-state index contributed by atoms with van der Waals surface area (Å²) in [6.07, 6.45) is 0. The Morgan fingerprint density at radius 2 is 2.06 bits per heavy atom. The summed E-state index contributed by atoms with van der Waals surface area (Å²) in [6.45, 7) is 3.16. The van der Waals surface area contributed by atoms with Crippen LogP contribution in [0.3, 0.4) is 0 Å². The van der Waals surface area contributed by atoms with E-state index < -0.39 is 0 Å². The fraction of sp³-hybridized carbons (Fsp3) is 0.286. The molecule has 0 aliphatic carbocycles. The first-order valence-corrected chi connectivity index (χ1v) is 8.60. The first-order chi connectivity index (χ1) is 8.79. The van der Waals surface area contributed by atoms with E-state index in [2.05, 4.69) is 69.9 Å². The van der Waals surface area contributed by atoms with Gasteiger partial charge >= 0.3 is 0 Å². The molecule has 1 aromatic carbocycles. The van der Waals surface area contributed by atoms with Crippen molar-refractivity contribution in [3.8, 4) is 0 Å². The zero-order chi connectivity index (χ0) is 12.8. The number of halogens is 1. The van der Waals surface area contributed by atoms with Gasteiger partial charge < -0.3 is 5.32 Å². The van der Waals surface area contributed by atoms with Crippen LogP contribution in [-0.2, 0) is 0 Å². The van der Waals surface area contributed by atoms with E-state index in [0.29, 0.717) is 6.04 Å². The van der Waals surface area contributed by atoms with Gasteiger partial charge in [0, 0.05) is 20.0 Å². The average molecular weight is 342 g/mol. The highest BCUT2D eigenvalue weighted by molar-refractivity contribution is 9.10. The summed E-state index contributed by atoms with van der Waals surface area (Å²) in [5.41, 5.74) is 0. The van der Waals surface area contributed by atoms with Gasteiger partial charge in [0.15, 0.2) is 0 Å². The second kappa shape index (κ2) is 7.34. The molecule has 0 aliphatic rings. The van der Waals surface area contributed by atoms with Crippen LogP contribution < -0.4 is 5.32 Å². The molecule has 1 nitrogen and oxygen atoms in total. The molecule has 1 aromatic heterocycles. The van der Waals surface area contributed by atoms with E-state index in [-0.39, 0.29) is 0 Å². The zero-order valence-corrected chi connectivity index (χ0v) is 13.4. The molecule has 0 spiro atoms. The lowest BCUT2D eigenvalue weighted by Gasteiger charge is -2.15. The molecule has 0 saturated heterocycles. The SMILES string of the molecule is CCNC(CSc1ccc(Br)cc1)c1cccs1. The summed E-state index contributed by atoms with van der Waals surface area (Å²) in [6, 6.07) is 13.3. The van der Waals surface area contributed by atoms with Crippen molar-refractivity contribution in [1.29, 1.82) is 0 Å². The van der Waals surface area contributed by atoms with E-state index >= 15 is 0 Å². The maximum atomic E-state index is 3.55. The molecule has 1 unspecified atom stereocenters. The van der Waals surface area contributed by atoms with Crippen LogP contribution in [-0.4, -0.2) is 12.3 Å². The molecule has 1 heterocycles. The summed E-state index contributed by atoms with van der Waals surface area (Å²) in [7, 11) is 0. The second-order valence-corrected chi connectivity index (χ2v) is 6.88. The molecule has 0 amide bonds. The highest BCUT2D eigenvalue weighted by Crippen LogP contribution is 2.27. The van der Waals surface area contributed by atoms with Crippen molar-refractivity contribution in [3.63, 3.8) is 0 Å². The number of rotatable bonds is 6. The predicted molar refractivity (Wildman–Crippen MR) is 85.6 cm³/mol. The molecule has 18 heavy (non-hydrogen) atoms. The minimum Gasteiger partial charge on any atom is -0.309 e. The molecule has 0 saturated carbocycles. The maximum Gasteiger partial charge on any atom is 0.0510 e. The van der Waals surface area contributed by atoms with Crippen molar-refractivity contribution < 1.29 is 0 Å². The molecule has 1 atom stereocenters. The van der Waals surface area contributed by atoms with Gasteiger partial charge in [0.1, 0.15) is 0 Å². The number of hydrogen-bond acceptors (Lipinski definition) is 3. The van der Waals surface area contributed by atoms with Gasteiger partial charge in [-0.05, 0) is 42.3 Å². The van der Waals surface area contributed by atoms with Crippen LogP contribution in [0, 0.1) is 0 Å². The van der Waals surface area contributed by atoms with E-state index in [4.69, 9.17) is 0 Å². The van der Waals surface area contributed by atoms with E-state index in [1.807, 2.05) is 23.1 Å². The third-order valence-electron chi connectivity index (χ3n) is 2.57. The van der Waals surface area contributed by atoms with E-state index in [9.17, 15) is 0 Å². The van der Waals surface area contributed by atoms with Crippen molar-refractivity contribution >= 4 is 39.0 Å². The van der Waals surface area contributed by atoms with Crippen LogP contribution in [0.15, 0.2) is 51.1 Å². The lowest BCUT2D eigenvalue weighted by Crippen LogP contribution is -2.21. The molecule has 0 aliphatic heterocycles. The summed E-state index contributed by atoms with van der Waals surface area (Å²) in [4.78, 5) is 2.74. The van der Waals surface area contributed by atoms with Gasteiger partial charge in [-0.15, -0.1) is 23.1 Å². The molecule has 4 heteroatoms. The van der Waals surface area contributed by atoms with Crippen LogP contribution >= 0.6 is 39.0 Å². The van der Waals surface area contributed by atoms with E-state index in [1.54, 1.807) is 0 Å². The molecule has 0 fully saturated rings. The summed E-state index contributed by atoms with van der Waals surface area (Å²) in [5.74, 6) is 1.07. The van der Waals surface area contributed by atoms with Crippen LogP contribution in [0.2, 0.25) is 0 Å². The molecule has 0 radical (unpaired) electrons. The Morgan fingerprint density at radius 3 is 2.67 bits per heavy atom. The highest BCUT2D eigenvalue weighted by atomic mass is 79.9. The third-order valence-corrected chi connectivity index (χ3v) is 5.19. The smallest absolute Gasteiger partial charge is 0.0510 e. The van der Waals surface area contributed by atoms with Crippen LogP contribution in [0.1, 0.15) is 17.8 Å². The monoisotopic (exact) mass is 341 g/mol. The van der Waals surface area contributed by atoms with Crippen LogP contribution in [0.5, 0.6) is 0 Å². The van der Waals surface area contributed by atoms with Crippen molar-refractivity contribution in [2.24, 2.45) is 0 Å². The predicted octanol–water partition coefficient (Wildman–Crippen LogP) is 4.95. The van der Waals surface area contributed by atoms with Gasteiger partial charge in [-0.2, -0.15) is 0 Å². The Balaban J connectivity index is 1.95. The standard InChI is InChI=1S/C14H16BrNS2/c1-2-16-13(14-4-3-9-17-14)10-18-12-7-5-11(15)6-8-12/h3-9,13,16H,2,10H2,1H3. The largest absolute Gasteiger partial charge is 0.309 e. The second-order valence-electron chi connectivity index (χ2n) is 3.89. The van der Waals surface area contributed by atoms with Gasteiger partial charge in [0.25, 0.3) is 0 Å². The number of thioether (sulfide) groups is 1. The number of nitrogens with one attached hydrogen (secondary N) is 1. The topological polar surface area (TPSA) is 12.0 Å². The highest BCUT2D eigenvalue weighted by Gasteiger charge is 2.11. The fourth-order valence-corrected chi connectivity index (χ4v) is 3.85. The average Bonchev–Trinajstić information content (AvgIpc) is 2.90. The number of benzene rings is 1. The van der Waals surface area contributed by atoms with Gasteiger partial charge in [-0.1, -0.05) is 28.9 Å². The van der Waals surface area contributed by atoms with Crippen molar-refractivity contribution in [2.45, 2.75) is 17.9 Å².